The minimum absolute atomic E-state index is 0.412. The zero-order chi connectivity index (χ0) is 13.0. The molecule has 0 aliphatic rings. The van der Waals surface area contributed by atoms with Crippen LogP contribution in [0.3, 0.4) is 0 Å². The molecule has 0 unspecified atom stereocenters. The molecule has 96 valence electrons. The van der Waals surface area contributed by atoms with Crippen molar-refractivity contribution in [3.8, 4) is 10.6 Å². The van der Waals surface area contributed by atoms with Gasteiger partial charge < -0.3 is 10.1 Å². The zero-order valence-electron chi connectivity index (χ0n) is 10.2. The van der Waals surface area contributed by atoms with E-state index in [2.05, 4.69) is 31.2 Å². The van der Waals surface area contributed by atoms with Gasteiger partial charge in [-0.1, -0.05) is 0 Å². The molecule has 0 fully saturated rings. The Balaban J connectivity index is 2.42. The predicted octanol–water partition coefficient (Wildman–Crippen LogP) is 3.55. The van der Waals surface area contributed by atoms with Crippen LogP contribution < -0.4 is 5.32 Å². The van der Waals surface area contributed by atoms with Gasteiger partial charge in [0.1, 0.15) is 12.4 Å². The normalized spacial score (nSPS) is 10.6. The van der Waals surface area contributed by atoms with Gasteiger partial charge in [-0.25, -0.2) is 9.97 Å². The Hall–Kier alpha value is -0.980. The number of methoxy groups -OCH3 is 1. The largest absolute Gasteiger partial charge is 0.377 e. The van der Waals surface area contributed by atoms with Crippen molar-refractivity contribution in [3.05, 3.63) is 27.8 Å². The summed E-state index contributed by atoms with van der Waals surface area (Å²) in [4.78, 5) is 10.0. The molecule has 0 saturated carbocycles. The maximum absolute atomic E-state index is 5.10. The number of rotatable bonds is 5. The number of nitrogens with one attached hydrogen (secondary N) is 1. The molecule has 0 aliphatic heterocycles. The number of hydrogen-bond acceptors (Lipinski definition) is 5. The van der Waals surface area contributed by atoms with E-state index in [0.29, 0.717) is 12.4 Å². The van der Waals surface area contributed by atoms with Gasteiger partial charge in [0.05, 0.1) is 10.6 Å². The highest BCUT2D eigenvalue weighted by Crippen LogP contribution is 2.33. The van der Waals surface area contributed by atoms with E-state index < -0.39 is 0 Å². The second-order valence-electron chi connectivity index (χ2n) is 3.62. The van der Waals surface area contributed by atoms with Crippen LogP contribution in [0.5, 0.6) is 0 Å². The lowest BCUT2D eigenvalue weighted by molar-refractivity contribution is 0.178. The first-order valence-electron chi connectivity index (χ1n) is 5.58. The van der Waals surface area contributed by atoms with E-state index in [9.17, 15) is 0 Å². The molecule has 1 N–H and O–H groups in total. The number of hydrogen-bond donors (Lipinski definition) is 1. The molecular formula is C12H14BrN3OS. The fraction of sp³-hybridized carbons (Fsp3) is 0.333. The van der Waals surface area contributed by atoms with Crippen LogP contribution in [-0.2, 0) is 11.3 Å². The third-order valence-electron chi connectivity index (χ3n) is 2.25. The molecule has 0 amide bonds. The van der Waals surface area contributed by atoms with Gasteiger partial charge in [-0.15, -0.1) is 11.3 Å². The summed E-state index contributed by atoms with van der Waals surface area (Å²) in [6.45, 7) is 3.28. The van der Waals surface area contributed by atoms with E-state index in [1.807, 2.05) is 24.4 Å². The number of aromatic nitrogens is 2. The first-order valence-corrected chi connectivity index (χ1v) is 7.26. The molecule has 0 saturated heterocycles. The Morgan fingerprint density at radius 2 is 2.28 bits per heavy atom. The summed E-state index contributed by atoms with van der Waals surface area (Å²) in [7, 11) is 1.64. The molecule has 0 spiro atoms. The van der Waals surface area contributed by atoms with Gasteiger partial charge in [0.2, 0.25) is 0 Å². The SMILES string of the molecule is CCNc1cc(-c2sccc2Br)nc(COC)n1. The molecule has 2 heterocycles. The van der Waals surface area contributed by atoms with E-state index in [4.69, 9.17) is 4.74 Å². The number of ether oxygens (including phenoxy) is 1. The highest BCUT2D eigenvalue weighted by atomic mass is 79.9. The standard InChI is InChI=1S/C12H14BrN3OS/c1-3-14-10-6-9(12-8(13)4-5-18-12)15-11(16-10)7-17-2/h4-6H,3,7H2,1-2H3,(H,14,15,16). The molecule has 0 radical (unpaired) electrons. The van der Waals surface area contributed by atoms with Crippen molar-refractivity contribution >= 4 is 33.1 Å². The third-order valence-corrected chi connectivity index (χ3v) is 4.11. The van der Waals surface area contributed by atoms with Gasteiger partial charge in [0.15, 0.2) is 5.82 Å². The molecule has 6 heteroatoms. The van der Waals surface area contributed by atoms with Gasteiger partial charge in [0, 0.05) is 24.2 Å². The first kappa shape index (κ1) is 13.5. The molecule has 18 heavy (non-hydrogen) atoms. The van der Waals surface area contributed by atoms with E-state index in [1.165, 1.54) is 0 Å². The first-order chi connectivity index (χ1) is 8.74. The number of anilines is 1. The van der Waals surface area contributed by atoms with Crippen LogP contribution in [0, 0.1) is 0 Å². The molecule has 2 rings (SSSR count). The fourth-order valence-electron chi connectivity index (χ4n) is 1.56. The minimum atomic E-state index is 0.412. The Morgan fingerprint density at radius 3 is 2.89 bits per heavy atom. The summed E-state index contributed by atoms with van der Waals surface area (Å²) in [6.07, 6.45) is 0. The summed E-state index contributed by atoms with van der Waals surface area (Å²) >= 11 is 5.18. The van der Waals surface area contributed by atoms with Crippen molar-refractivity contribution in [2.75, 3.05) is 19.0 Å². The van der Waals surface area contributed by atoms with Crippen LogP contribution in [0.25, 0.3) is 10.6 Å². The van der Waals surface area contributed by atoms with E-state index >= 15 is 0 Å². The molecular weight excluding hydrogens is 314 g/mol. The van der Waals surface area contributed by atoms with Gasteiger partial charge in [-0.05, 0) is 34.3 Å². The fourth-order valence-corrected chi connectivity index (χ4v) is 3.09. The molecule has 2 aromatic heterocycles. The maximum atomic E-state index is 5.10. The topological polar surface area (TPSA) is 47.0 Å². The number of halogens is 1. The van der Waals surface area contributed by atoms with E-state index in [1.54, 1.807) is 18.4 Å². The number of nitrogens with zero attached hydrogens (tertiary/aromatic N) is 2. The van der Waals surface area contributed by atoms with Crippen molar-refractivity contribution in [3.63, 3.8) is 0 Å². The van der Waals surface area contributed by atoms with Crippen molar-refractivity contribution in [2.24, 2.45) is 0 Å². The Kier molecular flexibility index (Phi) is 4.68. The van der Waals surface area contributed by atoms with Crippen LogP contribution in [0.1, 0.15) is 12.7 Å². The van der Waals surface area contributed by atoms with Crippen LogP contribution in [-0.4, -0.2) is 23.6 Å². The molecule has 0 atom stereocenters. The minimum Gasteiger partial charge on any atom is -0.377 e. The highest BCUT2D eigenvalue weighted by molar-refractivity contribution is 9.10. The smallest absolute Gasteiger partial charge is 0.157 e. The quantitative estimate of drug-likeness (QED) is 0.912. The summed E-state index contributed by atoms with van der Waals surface area (Å²) in [5.41, 5.74) is 0.912. The average Bonchev–Trinajstić information content (AvgIpc) is 2.76. The van der Waals surface area contributed by atoms with Gasteiger partial charge in [0.25, 0.3) is 0 Å². The Bertz CT molecular complexity index is 506. The Morgan fingerprint density at radius 1 is 1.44 bits per heavy atom. The number of thiophene rings is 1. The average molecular weight is 328 g/mol. The molecule has 0 aliphatic carbocycles. The van der Waals surface area contributed by atoms with Crippen LogP contribution in [0.2, 0.25) is 0 Å². The lowest BCUT2D eigenvalue weighted by Gasteiger charge is -2.08. The van der Waals surface area contributed by atoms with Gasteiger partial charge in [-0.2, -0.15) is 0 Å². The Labute approximate surface area is 119 Å². The lowest BCUT2D eigenvalue weighted by Crippen LogP contribution is -2.05. The summed E-state index contributed by atoms with van der Waals surface area (Å²) in [6, 6.07) is 3.98. The van der Waals surface area contributed by atoms with Crippen LogP contribution >= 0.6 is 27.3 Å². The van der Waals surface area contributed by atoms with Crippen LogP contribution in [0.4, 0.5) is 5.82 Å². The predicted molar refractivity (Wildman–Crippen MR) is 77.9 cm³/mol. The molecule has 4 nitrogen and oxygen atoms in total. The van der Waals surface area contributed by atoms with Crippen molar-refractivity contribution in [2.45, 2.75) is 13.5 Å². The monoisotopic (exact) mass is 327 g/mol. The maximum Gasteiger partial charge on any atom is 0.157 e. The van der Waals surface area contributed by atoms with Crippen molar-refractivity contribution in [1.82, 2.24) is 9.97 Å². The zero-order valence-corrected chi connectivity index (χ0v) is 12.6. The molecule has 2 aromatic rings. The second kappa shape index (κ2) is 6.26. The molecule has 0 bridgehead atoms. The second-order valence-corrected chi connectivity index (χ2v) is 5.39. The van der Waals surface area contributed by atoms with Gasteiger partial charge >= 0.3 is 0 Å². The van der Waals surface area contributed by atoms with Crippen molar-refractivity contribution in [1.29, 1.82) is 0 Å². The highest BCUT2D eigenvalue weighted by Gasteiger charge is 2.10. The lowest BCUT2D eigenvalue weighted by atomic mass is 10.3. The summed E-state index contributed by atoms with van der Waals surface area (Å²) in [5.74, 6) is 1.51. The third kappa shape index (κ3) is 3.07. The molecule has 0 aromatic carbocycles. The van der Waals surface area contributed by atoms with Crippen molar-refractivity contribution < 1.29 is 4.74 Å². The van der Waals surface area contributed by atoms with Crippen LogP contribution in [0.15, 0.2) is 22.0 Å². The van der Waals surface area contributed by atoms with E-state index in [0.717, 1.165) is 27.4 Å². The van der Waals surface area contributed by atoms with E-state index in [-0.39, 0.29) is 0 Å². The summed E-state index contributed by atoms with van der Waals surface area (Å²) < 4.78 is 6.16. The summed E-state index contributed by atoms with van der Waals surface area (Å²) in [5, 5.41) is 5.24. The van der Waals surface area contributed by atoms with Gasteiger partial charge in [-0.3, -0.25) is 0 Å².